The third-order valence-electron chi connectivity index (χ3n) is 6.26. The van der Waals surface area contributed by atoms with Crippen molar-refractivity contribution < 1.29 is 24.2 Å². The molecule has 2 atom stereocenters. The molecule has 2 aliphatic rings. The Labute approximate surface area is 197 Å². The van der Waals surface area contributed by atoms with Crippen LogP contribution in [0.25, 0.3) is 5.76 Å². The Morgan fingerprint density at radius 2 is 1.91 bits per heavy atom. The maximum Gasteiger partial charge on any atom is 0.295 e. The first-order chi connectivity index (χ1) is 16.5. The minimum Gasteiger partial charge on any atom is -0.507 e. The summed E-state index contributed by atoms with van der Waals surface area (Å²) in [5.41, 5.74) is 2.93. The van der Waals surface area contributed by atoms with Crippen molar-refractivity contribution in [3.05, 3.63) is 94.8 Å². The number of hydrogen-bond donors (Lipinski definition) is 1. The van der Waals surface area contributed by atoms with E-state index in [4.69, 9.17) is 9.47 Å². The second kappa shape index (κ2) is 8.67. The van der Waals surface area contributed by atoms with Gasteiger partial charge in [-0.15, -0.1) is 0 Å². The third-order valence-corrected chi connectivity index (χ3v) is 6.26. The van der Waals surface area contributed by atoms with Crippen molar-refractivity contribution >= 4 is 17.4 Å². The van der Waals surface area contributed by atoms with Crippen molar-refractivity contribution in [2.75, 3.05) is 7.11 Å². The lowest BCUT2D eigenvalue weighted by molar-refractivity contribution is -0.140. The van der Waals surface area contributed by atoms with E-state index in [1.165, 1.54) is 4.90 Å². The SMILES string of the molecule is COc1ccccc1CN1C(=O)C(=O)/C(=C(\O)c2ccc3c(c2)CC(C)O3)C1c1ccncc1. The fourth-order valence-electron chi connectivity index (χ4n) is 4.68. The molecule has 1 N–H and O–H groups in total. The first-order valence-electron chi connectivity index (χ1n) is 11.1. The fraction of sp³-hybridized carbons (Fsp3) is 0.222. The molecule has 0 aliphatic carbocycles. The van der Waals surface area contributed by atoms with Gasteiger partial charge in [0.2, 0.25) is 0 Å². The monoisotopic (exact) mass is 456 g/mol. The average Bonchev–Trinajstić information content (AvgIpc) is 3.35. The molecule has 34 heavy (non-hydrogen) atoms. The maximum absolute atomic E-state index is 13.3. The zero-order chi connectivity index (χ0) is 23.8. The van der Waals surface area contributed by atoms with Crippen LogP contribution in [0.15, 0.2) is 72.6 Å². The zero-order valence-corrected chi connectivity index (χ0v) is 18.9. The van der Waals surface area contributed by atoms with E-state index in [-0.39, 0.29) is 24.0 Å². The molecule has 0 radical (unpaired) electrons. The normalized spacial score (nSPS) is 20.8. The second-order valence-corrected chi connectivity index (χ2v) is 8.47. The molecule has 7 heteroatoms. The lowest BCUT2D eigenvalue weighted by atomic mass is 9.95. The zero-order valence-electron chi connectivity index (χ0n) is 18.9. The highest BCUT2D eigenvalue weighted by Gasteiger charge is 2.46. The number of methoxy groups -OCH3 is 1. The number of para-hydroxylation sites is 1. The van der Waals surface area contributed by atoms with E-state index in [2.05, 4.69) is 4.98 Å². The van der Waals surface area contributed by atoms with Crippen LogP contribution in [-0.2, 0) is 22.6 Å². The van der Waals surface area contributed by atoms with Crippen LogP contribution >= 0.6 is 0 Å². The number of ether oxygens (including phenoxy) is 2. The van der Waals surface area contributed by atoms with Crippen LogP contribution in [-0.4, -0.2) is 39.9 Å². The highest BCUT2D eigenvalue weighted by molar-refractivity contribution is 6.46. The van der Waals surface area contributed by atoms with Gasteiger partial charge in [0.25, 0.3) is 11.7 Å². The van der Waals surface area contributed by atoms with E-state index in [0.717, 1.165) is 16.9 Å². The first kappa shape index (κ1) is 21.7. The highest BCUT2D eigenvalue weighted by atomic mass is 16.5. The summed E-state index contributed by atoms with van der Waals surface area (Å²) in [7, 11) is 1.56. The number of amides is 1. The Morgan fingerprint density at radius 3 is 2.68 bits per heavy atom. The van der Waals surface area contributed by atoms with Crippen LogP contribution in [0.4, 0.5) is 0 Å². The van der Waals surface area contributed by atoms with Gasteiger partial charge >= 0.3 is 0 Å². The summed E-state index contributed by atoms with van der Waals surface area (Å²) in [5, 5.41) is 11.3. The number of carbonyl (C=O) groups excluding carboxylic acids is 2. The summed E-state index contributed by atoms with van der Waals surface area (Å²) in [6.07, 6.45) is 3.97. The van der Waals surface area contributed by atoms with E-state index in [9.17, 15) is 14.7 Å². The molecule has 2 aliphatic heterocycles. The Morgan fingerprint density at radius 1 is 1.15 bits per heavy atom. The van der Waals surface area contributed by atoms with Crippen molar-refractivity contribution in [3.8, 4) is 11.5 Å². The standard InChI is InChI=1S/C27H24N2O5/c1-16-13-20-14-18(7-8-22(20)34-16)25(30)23-24(17-9-11-28-12-10-17)29(27(32)26(23)31)15-19-5-3-4-6-21(19)33-2/h3-12,14,16,24,30H,13,15H2,1-2H3/b25-23-. The Balaban J connectivity index is 1.62. The fourth-order valence-corrected chi connectivity index (χ4v) is 4.68. The van der Waals surface area contributed by atoms with Gasteiger partial charge in [-0.05, 0) is 54.4 Å². The van der Waals surface area contributed by atoms with Gasteiger partial charge in [0.1, 0.15) is 23.4 Å². The number of pyridine rings is 1. The number of aliphatic hydroxyl groups excluding tert-OH is 1. The summed E-state index contributed by atoms with van der Waals surface area (Å²) in [6, 6.07) is 15.4. The van der Waals surface area contributed by atoms with Gasteiger partial charge in [0.05, 0.1) is 25.3 Å². The smallest absolute Gasteiger partial charge is 0.295 e. The van der Waals surface area contributed by atoms with Crippen molar-refractivity contribution in [2.45, 2.75) is 32.0 Å². The molecule has 0 bridgehead atoms. The van der Waals surface area contributed by atoms with Crippen LogP contribution in [0.5, 0.6) is 11.5 Å². The second-order valence-electron chi connectivity index (χ2n) is 8.47. The summed E-state index contributed by atoms with van der Waals surface area (Å²) in [6.45, 7) is 2.13. The molecular formula is C27H24N2O5. The molecule has 1 amide bonds. The number of benzene rings is 2. The molecule has 5 rings (SSSR count). The van der Waals surface area contributed by atoms with Gasteiger partial charge in [-0.2, -0.15) is 0 Å². The van der Waals surface area contributed by atoms with Crippen LogP contribution in [0.1, 0.15) is 35.2 Å². The number of likely N-dealkylation sites (tertiary alicyclic amines) is 1. The largest absolute Gasteiger partial charge is 0.507 e. The van der Waals surface area contributed by atoms with Crippen molar-refractivity contribution in [3.63, 3.8) is 0 Å². The lowest BCUT2D eigenvalue weighted by Crippen LogP contribution is -2.29. The minimum atomic E-state index is -0.767. The van der Waals surface area contributed by atoms with Crippen molar-refractivity contribution in [2.24, 2.45) is 0 Å². The van der Waals surface area contributed by atoms with E-state index < -0.39 is 17.7 Å². The number of carbonyl (C=O) groups is 2. The van der Waals surface area contributed by atoms with Gasteiger partial charge in [-0.25, -0.2) is 0 Å². The van der Waals surface area contributed by atoms with Crippen LogP contribution in [0.2, 0.25) is 0 Å². The van der Waals surface area contributed by atoms with E-state index in [1.54, 1.807) is 49.8 Å². The average molecular weight is 456 g/mol. The number of aromatic nitrogens is 1. The number of aliphatic hydroxyl groups is 1. The predicted molar refractivity (Wildman–Crippen MR) is 125 cm³/mol. The van der Waals surface area contributed by atoms with Crippen molar-refractivity contribution in [1.29, 1.82) is 0 Å². The summed E-state index contributed by atoms with van der Waals surface area (Å²) in [5.74, 6) is -0.214. The van der Waals surface area contributed by atoms with Gasteiger partial charge in [0, 0.05) is 29.9 Å². The molecule has 172 valence electrons. The van der Waals surface area contributed by atoms with E-state index in [1.807, 2.05) is 31.2 Å². The minimum absolute atomic E-state index is 0.0515. The molecule has 1 fully saturated rings. The molecule has 3 aromatic rings. The summed E-state index contributed by atoms with van der Waals surface area (Å²) in [4.78, 5) is 32.0. The third kappa shape index (κ3) is 3.69. The first-order valence-corrected chi connectivity index (χ1v) is 11.1. The number of nitrogens with zero attached hydrogens (tertiary/aromatic N) is 2. The van der Waals surface area contributed by atoms with Gasteiger partial charge in [-0.1, -0.05) is 18.2 Å². The van der Waals surface area contributed by atoms with Crippen LogP contribution in [0.3, 0.4) is 0 Å². The molecule has 7 nitrogen and oxygen atoms in total. The molecule has 1 aromatic heterocycles. The quantitative estimate of drug-likeness (QED) is 0.354. The number of Topliss-reactive ketones (excluding diaryl/α,β-unsaturated/α-hetero) is 1. The molecule has 0 spiro atoms. The van der Waals surface area contributed by atoms with Crippen LogP contribution in [0, 0.1) is 0 Å². The number of fused-ring (bicyclic) bond motifs is 1. The van der Waals surface area contributed by atoms with Crippen LogP contribution < -0.4 is 9.47 Å². The molecule has 1 saturated heterocycles. The van der Waals surface area contributed by atoms with Gasteiger partial charge < -0.3 is 19.5 Å². The van der Waals surface area contributed by atoms with E-state index >= 15 is 0 Å². The Kier molecular flexibility index (Phi) is 5.53. The summed E-state index contributed by atoms with van der Waals surface area (Å²) >= 11 is 0. The molecular weight excluding hydrogens is 432 g/mol. The summed E-state index contributed by atoms with van der Waals surface area (Å²) < 4.78 is 11.2. The molecule has 2 unspecified atom stereocenters. The predicted octanol–water partition coefficient (Wildman–Crippen LogP) is 4.04. The number of rotatable bonds is 5. The molecule has 0 saturated carbocycles. The topological polar surface area (TPSA) is 89.0 Å². The Bertz CT molecular complexity index is 1300. The van der Waals surface area contributed by atoms with E-state index in [0.29, 0.717) is 23.3 Å². The highest BCUT2D eigenvalue weighted by Crippen LogP contribution is 2.41. The van der Waals surface area contributed by atoms with Gasteiger partial charge in [-0.3, -0.25) is 14.6 Å². The number of ketones is 1. The molecule has 3 heterocycles. The Hall–Kier alpha value is -4.13. The molecule has 2 aromatic carbocycles. The lowest BCUT2D eigenvalue weighted by Gasteiger charge is -2.26. The number of hydrogen-bond acceptors (Lipinski definition) is 6. The van der Waals surface area contributed by atoms with Gasteiger partial charge in [0.15, 0.2) is 0 Å². The maximum atomic E-state index is 13.3. The van der Waals surface area contributed by atoms with Crippen molar-refractivity contribution in [1.82, 2.24) is 9.88 Å².